The third-order valence-corrected chi connectivity index (χ3v) is 3.31. The first-order valence-corrected chi connectivity index (χ1v) is 5.52. The molecule has 0 saturated heterocycles. The number of H-pyrrole nitrogens is 1. The first kappa shape index (κ1) is 10.5. The number of nitrogens with two attached hydrogens (primary N) is 1. The van der Waals surface area contributed by atoms with Gasteiger partial charge in [0.1, 0.15) is 0 Å². The second-order valence-corrected chi connectivity index (χ2v) is 4.49. The first-order valence-electron chi connectivity index (χ1n) is 4.35. The highest BCUT2D eigenvalue weighted by Gasteiger charge is 2.08. The summed E-state index contributed by atoms with van der Waals surface area (Å²) in [6, 6.07) is 5.66. The molecule has 0 unspecified atom stereocenters. The number of nitrogens with zero attached hydrogens (tertiary/aromatic N) is 1. The van der Waals surface area contributed by atoms with Gasteiger partial charge in [-0.05, 0) is 35.0 Å². The summed E-state index contributed by atoms with van der Waals surface area (Å²) >= 11 is 9.29. The number of rotatable bonds is 1. The summed E-state index contributed by atoms with van der Waals surface area (Å²) < 4.78 is 0.850. The molecule has 0 fully saturated rings. The van der Waals surface area contributed by atoms with Crippen molar-refractivity contribution < 1.29 is 0 Å². The van der Waals surface area contributed by atoms with E-state index in [1.54, 1.807) is 0 Å². The van der Waals surface area contributed by atoms with Crippen LogP contribution in [0.1, 0.15) is 5.69 Å². The van der Waals surface area contributed by atoms with E-state index in [0.29, 0.717) is 11.0 Å². The Balaban J connectivity index is 2.54. The van der Waals surface area contributed by atoms with Gasteiger partial charge in [0.05, 0.1) is 10.7 Å². The van der Waals surface area contributed by atoms with E-state index in [1.165, 1.54) is 0 Å². The molecule has 0 saturated carbocycles. The molecular formula is C10H9BrClN3. The van der Waals surface area contributed by atoms with Crippen molar-refractivity contribution in [2.75, 3.05) is 5.73 Å². The van der Waals surface area contributed by atoms with E-state index >= 15 is 0 Å². The second-order valence-electron chi connectivity index (χ2n) is 3.22. The number of benzene rings is 1. The third kappa shape index (κ3) is 2.01. The molecule has 0 bridgehead atoms. The van der Waals surface area contributed by atoms with E-state index in [9.17, 15) is 0 Å². The maximum atomic E-state index is 5.91. The molecule has 3 N–H and O–H groups in total. The Morgan fingerprint density at radius 3 is 2.73 bits per heavy atom. The summed E-state index contributed by atoms with van der Waals surface area (Å²) in [5, 5.41) is 0.680. The number of nitrogens with one attached hydrogen (secondary N) is 1. The van der Waals surface area contributed by atoms with Crippen LogP contribution in [0, 0.1) is 6.92 Å². The minimum absolute atomic E-state index is 0.425. The van der Waals surface area contributed by atoms with Gasteiger partial charge in [-0.2, -0.15) is 0 Å². The summed E-state index contributed by atoms with van der Waals surface area (Å²) in [5.74, 6) is 0.425. The van der Waals surface area contributed by atoms with E-state index in [-0.39, 0.29) is 0 Å². The standard InChI is InChI=1S/C10H9BrClN3/c1-5-9(15-10(13)14-5)6-2-3-8(12)7(11)4-6/h2-4H,1H3,(H3,13,14,15). The van der Waals surface area contributed by atoms with Gasteiger partial charge in [0, 0.05) is 15.7 Å². The molecule has 0 amide bonds. The minimum Gasteiger partial charge on any atom is -0.369 e. The van der Waals surface area contributed by atoms with Crippen molar-refractivity contribution in [3.8, 4) is 11.3 Å². The number of halogens is 2. The number of aromatic amines is 1. The highest BCUT2D eigenvalue weighted by atomic mass is 79.9. The van der Waals surface area contributed by atoms with Gasteiger partial charge in [0.25, 0.3) is 0 Å². The van der Waals surface area contributed by atoms with Crippen LogP contribution in [0.2, 0.25) is 5.02 Å². The van der Waals surface area contributed by atoms with Gasteiger partial charge in [-0.3, -0.25) is 0 Å². The Morgan fingerprint density at radius 1 is 1.47 bits per heavy atom. The minimum atomic E-state index is 0.425. The predicted octanol–water partition coefficient (Wildman–Crippen LogP) is 3.38. The van der Waals surface area contributed by atoms with Crippen LogP contribution in [-0.2, 0) is 0 Å². The van der Waals surface area contributed by atoms with Gasteiger partial charge < -0.3 is 10.7 Å². The lowest BCUT2D eigenvalue weighted by molar-refractivity contribution is 1.26. The lowest BCUT2D eigenvalue weighted by Gasteiger charge is -2.01. The molecule has 0 aliphatic rings. The molecule has 3 nitrogen and oxygen atoms in total. The molecule has 2 rings (SSSR count). The molecular weight excluding hydrogens is 277 g/mol. The van der Waals surface area contributed by atoms with Crippen molar-refractivity contribution in [3.63, 3.8) is 0 Å². The highest BCUT2D eigenvalue weighted by Crippen LogP contribution is 2.29. The van der Waals surface area contributed by atoms with Crippen LogP contribution in [0.15, 0.2) is 22.7 Å². The number of hydrogen-bond acceptors (Lipinski definition) is 2. The SMILES string of the molecule is Cc1[nH]c(N)nc1-c1ccc(Cl)c(Br)c1. The molecule has 0 spiro atoms. The average molecular weight is 287 g/mol. The average Bonchev–Trinajstić information content (AvgIpc) is 2.50. The van der Waals surface area contributed by atoms with Crippen LogP contribution in [-0.4, -0.2) is 9.97 Å². The molecule has 0 atom stereocenters. The van der Waals surface area contributed by atoms with Crippen LogP contribution >= 0.6 is 27.5 Å². The summed E-state index contributed by atoms with van der Waals surface area (Å²) in [5.41, 5.74) is 8.36. The second kappa shape index (κ2) is 3.87. The number of hydrogen-bond donors (Lipinski definition) is 2. The largest absolute Gasteiger partial charge is 0.369 e. The lowest BCUT2D eigenvalue weighted by atomic mass is 10.1. The van der Waals surface area contributed by atoms with Crippen molar-refractivity contribution in [2.24, 2.45) is 0 Å². The number of aryl methyl sites for hydroxylation is 1. The van der Waals surface area contributed by atoms with Crippen LogP contribution < -0.4 is 5.73 Å². The van der Waals surface area contributed by atoms with Gasteiger partial charge in [-0.15, -0.1) is 0 Å². The monoisotopic (exact) mass is 285 g/mol. The Hall–Kier alpha value is -1.000. The smallest absolute Gasteiger partial charge is 0.198 e. The lowest BCUT2D eigenvalue weighted by Crippen LogP contribution is -1.85. The fourth-order valence-electron chi connectivity index (χ4n) is 1.41. The Morgan fingerprint density at radius 2 is 2.20 bits per heavy atom. The summed E-state index contributed by atoms with van der Waals surface area (Å²) in [6.45, 7) is 1.93. The number of anilines is 1. The Bertz CT molecular complexity index is 507. The normalized spacial score (nSPS) is 10.6. The van der Waals surface area contributed by atoms with Crippen molar-refractivity contribution >= 4 is 33.5 Å². The van der Waals surface area contributed by atoms with Crippen LogP contribution in [0.3, 0.4) is 0 Å². The molecule has 1 heterocycles. The summed E-state index contributed by atoms with van der Waals surface area (Å²) in [6.07, 6.45) is 0. The summed E-state index contributed by atoms with van der Waals surface area (Å²) in [4.78, 5) is 7.17. The quantitative estimate of drug-likeness (QED) is 0.844. The number of nitrogen functional groups attached to an aromatic ring is 1. The van der Waals surface area contributed by atoms with E-state index in [0.717, 1.165) is 21.4 Å². The molecule has 2 aromatic rings. The summed E-state index contributed by atoms with van der Waals surface area (Å²) in [7, 11) is 0. The van der Waals surface area contributed by atoms with Gasteiger partial charge in [-0.1, -0.05) is 17.7 Å². The number of imidazole rings is 1. The van der Waals surface area contributed by atoms with Gasteiger partial charge in [-0.25, -0.2) is 4.98 Å². The van der Waals surface area contributed by atoms with Gasteiger partial charge in [0.2, 0.25) is 0 Å². The topological polar surface area (TPSA) is 54.7 Å². The molecule has 0 aliphatic heterocycles. The van der Waals surface area contributed by atoms with Gasteiger partial charge >= 0.3 is 0 Å². The molecule has 1 aromatic carbocycles. The van der Waals surface area contributed by atoms with Crippen molar-refractivity contribution in [1.82, 2.24) is 9.97 Å². The Kier molecular flexibility index (Phi) is 2.71. The molecule has 5 heteroatoms. The maximum Gasteiger partial charge on any atom is 0.198 e. The molecule has 0 aliphatic carbocycles. The van der Waals surface area contributed by atoms with E-state index in [1.807, 2.05) is 25.1 Å². The van der Waals surface area contributed by atoms with Crippen molar-refractivity contribution in [1.29, 1.82) is 0 Å². The maximum absolute atomic E-state index is 5.91. The van der Waals surface area contributed by atoms with E-state index < -0.39 is 0 Å². The van der Waals surface area contributed by atoms with Crippen LogP contribution in [0.25, 0.3) is 11.3 Å². The van der Waals surface area contributed by atoms with Crippen molar-refractivity contribution in [3.05, 3.63) is 33.4 Å². The zero-order valence-electron chi connectivity index (χ0n) is 8.01. The zero-order valence-corrected chi connectivity index (χ0v) is 10.4. The molecule has 1 aromatic heterocycles. The van der Waals surface area contributed by atoms with E-state index in [2.05, 4.69) is 25.9 Å². The van der Waals surface area contributed by atoms with Crippen molar-refractivity contribution in [2.45, 2.75) is 6.92 Å². The molecule has 0 radical (unpaired) electrons. The van der Waals surface area contributed by atoms with Crippen LogP contribution in [0.4, 0.5) is 5.95 Å². The zero-order chi connectivity index (χ0) is 11.0. The van der Waals surface area contributed by atoms with Gasteiger partial charge in [0.15, 0.2) is 5.95 Å². The third-order valence-electron chi connectivity index (χ3n) is 2.10. The Labute approximate surface area is 101 Å². The fraction of sp³-hybridized carbons (Fsp3) is 0.100. The number of aromatic nitrogens is 2. The molecule has 78 valence electrons. The van der Waals surface area contributed by atoms with E-state index in [4.69, 9.17) is 17.3 Å². The van der Waals surface area contributed by atoms with Crippen LogP contribution in [0.5, 0.6) is 0 Å². The predicted molar refractivity (Wildman–Crippen MR) is 65.9 cm³/mol. The highest BCUT2D eigenvalue weighted by molar-refractivity contribution is 9.10. The fourth-order valence-corrected chi connectivity index (χ4v) is 1.90. The first-order chi connectivity index (χ1) is 7.08. The molecule has 15 heavy (non-hydrogen) atoms.